The van der Waals surface area contributed by atoms with Gasteiger partial charge in [-0.15, -0.1) is 0 Å². The second kappa shape index (κ2) is 45.0. The van der Waals surface area contributed by atoms with Crippen molar-refractivity contribution in [2.75, 3.05) is 103 Å². The SMILES string of the molecule is CC(C)C(=O)Nc1nc(OCCc2ccc([N+](=O)[O-])cc2)c2ncn([C@H]3CN(C(c4ccccc4)(c4ccccc4)c4ccccc4)C[C@@H](COP(=O)(O)OP(=O)(O)OC[C@@H]4CN(C(c5ccccc5)(c5ccccc5)c5ccccc5)C[C@H](n5cnc6c(OCCc7ccc([N+](=O)[O-])cc7)nc(NC(=O)C(C)C)nc65)O4)O3)c2n1.CCN(CC)CC.CCN(CC)CC. The van der Waals surface area contributed by atoms with Crippen molar-refractivity contribution in [1.82, 2.24) is 58.6 Å². The number of anilines is 2. The van der Waals surface area contributed by atoms with E-state index < -0.39 is 98.1 Å². The highest BCUT2D eigenvalue weighted by Crippen LogP contribution is 2.61. The zero-order valence-corrected chi connectivity index (χ0v) is 75.8. The number of rotatable bonds is 38. The van der Waals surface area contributed by atoms with Gasteiger partial charge in [0.1, 0.15) is 12.5 Å². The molecule has 12 aromatic rings. The minimum atomic E-state index is -5.68. The molecule has 14 rings (SSSR count). The number of phosphoric ester groups is 2. The molecule has 2 aliphatic rings. The molecule has 0 saturated carbocycles. The van der Waals surface area contributed by atoms with Gasteiger partial charge in [0, 0.05) is 75.1 Å². The molecular formula is C94H112N16O17P2. The molecule has 0 aliphatic carbocycles. The molecule has 0 spiro atoms. The zero-order chi connectivity index (χ0) is 91.8. The van der Waals surface area contributed by atoms with Gasteiger partial charge in [-0.05, 0) is 83.8 Å². The highest BCUT2D eigenvalue weighted by molar-refractivity contribution is 7.61. The van der Waals surface area contributed by atoms with Gasteiger partial charge in [-0.25, -0.2) is 19.1 Å². The van der Waals surface area contributed by atoms with E-state index in [1.165, 1.54) is 76.2 Å². The van der Waals surface area contributed by atoms with Crippen molar-refractivity contribution in [1.29, 1.82) is 0 Å². The standard InChI is InChI=1S/C82H82N14O17P2.2C6H15N/c1-55(2)75(97)87-79-85-73-71(77(89-79)107-45-43-57-35-39-65(40-36-57)95(99)100)83-53-93(73)69-49-91(81(59-23-11-5-12-24-59,60-25-13-6-14-26-60)61-27-15-7-16-28-61)47-67(111-69)51-109-114(103,104)113-115(105,106)110-52-68-48-92(82(62-29-17-8-18-30-62,63-31-19-9-20-32-63)64-33-21-10-22-34-64)50-70(112-68)94-54-84-72-74(94)86-80(88-76(98)56(3)4)90-78(72)108-46-44-58-37-41-66(42-38-58)96(101)102;2*1-4-7(5-2)6-3/h5-42,53-56,67-70H,43-52H2,1-4H3,(H,103,104)(H,105,106)(H,85,87,89,97)(H,86,88,90,98);2*4-6H2,1-3H3/t67-,68-,69+,70+;;/m0../s1. The Hall–Kier alpha value is -11.8. The molecule has 680 valence electrons. The molecule has 4 aromatic heterocycles. The summed E-state index contributed by atoms with van der Waals surface area (Å²) in [4.78, 5) is 110. The van der Waals surface area contributed by atoms with Crippen LogP contribution in [0.3, 0.4) is 0 Å². The number of amides is 2. The number of nitro groups is 2. The Morgan fingerprint density at radius 3 is 1.00 bits per heavy atom. The summed E-state index contributed by atoms with van der Waals surface area (Å²) in [6, 6.07) is 70.6. The molecule has 0 radical (unpaired) electrons. The highest BCUT2D eigenvalue weighted by atomic mass is 31.3. The maximum absolute atomic E-state index is 14.7. The Morgan fingerprint density at radius 2 is 0.744 bits per heavy atom. The van der Waals surface area contributed by atoms with Crippen LogP contribution in [0, 0.1) is 32.1 Å². The van der Waals surface area contributed by atoms with E-state index >= 15 is 0 Å². The number of aromatic nitrogens is 8. The van der Waals surface area contributed by atoms with Crippen molar-refractivity contribution in [2.24, 2.45) is 11.8 Å². The first-order valence-corrected chi connectivity index (χ1v) is 46.3. The number of nitro benzene ring substituents is 2. The summed E-state index contributed by atoms with van der Waals surface area (Å²) in [5.74, 6) is -2.05. The average Bonchev–Trinajstić information content (AvgIpc) is 1.30. The Labute approximate surface area is 750 Å². The largest absolute Gasteiger partial charge is 0.481 e. The molecule has 2 saturated heterocycles. The van der Waals surface area contributed by atoms with E-state index in [1.54, 1.807) is 61.1 Å². The van der Waals surface area contributed by atoms with Crippen molar-refractivity contribution >= 4 is 73.1 Å². The van der Waals surface area contributed by atoms with Gasteiger partial charge in [-0.1, -0.05) is 275 Å². The Morgan fingerprint density at radius 1 is 0.457 bits per heavy atom. The predicted molar refractivity (Wildman–Crippen MR) is 491 cm³/mol. The van der Waals surface area contributed by atoms with Crippen LogP contribution < -0.4 is 20.1 Å². The maximum atomic E-state index is 14.7. The van der Waals surface area contributed by atoms with Gasteiger partial charge in [0.2, 0.25) is 35.5 Å². The minimum Gasteiger partial charge on any atom is -0.476 e. The average molecular weight is 1800 g/mol. The molecule has 2 amide bonds. The lowest BCUT2D eigenvalue weighted by Gasteiger charge is -2.50. The van der Waals surface area contributed by atoms with Gasteiger partial charge in [0.15, 0.2) is 22.3 Å². The van der Waals surface area contributed by atoms with Crippen LogP contribution in [0.1, 0.15) is 126 Å². The van der Waals surface area contributed by atoms with Crippen molar-refractivity contribution in [2.45, 2.75) is 118 Å². The van der Waals surface area contributed by atoms with Crippen LogP contribution in [-0.4, -0.2) is 194 Å². The first-order chi connectivity index (χ1) is 62.2. The molecule has 2 unspecified atom stereocenters. The van der Waals surface area contributed by atoms with Gasteiger partial charge in [-0.2, -0.15) is 24.2 Å². The molecular weight excluding hydrogens is 1690 g/mol. The number of hydrogen-bond acceptors (Lipinski definition) is 25. The summed E-state index contributed by atoms with van der Waals surface area (Å²) in [6.45, 7) is 25.7. The molecule has 8 aromatic carbocycles. The minimum absolute atomic E-state index is 0.00670. The van der Waals surface area contributed by atoms with Gasteiger partial charge in [-0.3, -0.25) is 68.4 Å². The number of morpholine rings is 2. The lowest BCUT2D eigenvalue weighted by Crippen LogP contribution is -2.57. The van der Waals surface area contributed by atoms with E-state index in [0.717, 1.165) is 44.5 Å². The number of nitrogens with zero attached hydrogens (tertiary/aromatic N) is 14. The molecule has 35 heteroatoms. The van der Waals surface area contributed by atoms with E-state index in [4.69, 9.17) is 52.2 Å². The van der Waals surface area contributed by atoms with Crippen LogP contribution in [0.25, 0.3) is 22.3 Å². The van der Waals surface area contributed by atoms with Crippen molar-refractivity contribution in [3.63, 3.8) is 0 Å². The maximum Gasteiger partial charge on any atom is 0.481 e. The number of non-ortho nitro benzene ring substituents is 2. The van der Waals surface area contributed by atoms with Crippen LogP contribution >= 0.6 is 15.6 Å². The van der Waals surface area contributed by atoms with E-state index in [1.807, 2.05) is 182 Å². The van der Waals surface area contributed by atoms with E-state index in [2.05, 4.69) is 81.7 Å². The van der Waals surface area contributed by atoms with Crippen LogP contribution in [0.4, 0.5) is 23.3 Å². The fraction of sp³-hybridized carbons (Fsp3) is 0.362. The van der Waals surface area contributed by atoms with Gasteiger partial charge >= 0.3 is 15.6 Å². The summed E-state index contributed by atoms with van der Waals surface area (Å²) in [6.07, 6.45) is -1.05. The quantitative estimate of drug-likeness (QED) is 0.0121. The number of fused-ring (bicyclic) bond motifs is 2. The number of phosphoric acid groups is 2. The molecule has 6 heterocycles. The molecule has 33 nitrogen and oxygen atoms in total. The second-order valence-electron chi connectivity index (χ2n) is 31.4. The van der Waals surface area contributed by atoms with Crippen LogP contribution in [0.15, 0.2) is 243 Å². The van der Waals surface area contributed by atoms with Crippen LogP contribution in [-0.2, 0) is 65.5 Å². The number of hydrogen-bond donors (Lipinski definition) is 4. The molecule has 6 atom stereocenters. The first-order valence-electron chi connectivity index (χ1n) is 43.3. The van der Waals surface area contributed by atoms with Crippen LogP contribution in [0.2, 0.25) is 0 Å². The number of benzene rings is 8. The Kier molecular flexibility index (Phi) is 33.6. The highest BCUT2D eigenvalue weighted by Gasteiger charge is 2.50. The third-order valence-corrected chi connectivity index (χ3v) is 25.2. The van der Waals surface area contributed by atoms with E-state index in [0.29, 0.717) is 12.8 Å². The van der Waals surface area contributed by atoms with Crippen molar-refractivity contribution < 1.29 is 70.7 Å². The fourth-order valence-electron chi connectivity index (χ4n) is 15.8. The predicted octanol–water partition coefficient (Wildman–Crippen LogP) is 16.2. The summed E-state index contributed by atoms with van der Waals surface area (Å²) in [7, 11) is -11.4. The fourth-order valence-corrected chi connectivity index (χ4v) is 18.0. The first kappa shape index (κ1) is 96.3. The van der Waals surface area contributed by atoms with Gasteiger partial charge in [0.05, 0.1) is 72.2 Å². The summed E-state index contributed by atoms with van der Waals surface area (Å²) in [5.41, 5.74) is 4.60. The van der Waals surface area contributed by atoms with Crippen molar-refractivity contribution in [3.05, 3.63) is 308 Å². The summed E-state index contributed by atoms with van der Waals surface area (Å²) in [5, 5.41) is 28.5. The number of ether oxygens (including phenoxy) is 4. The smallest absolute Gasteiger partial charge is 0.476 e. The molecule has 0 bridgehead atoms. The molecule has 2 fully saturated rings. The third kappa shape index (κ3) is 23.8. The zero-order valence-electron chi connectivity index (χ0n) is 74.0. The number of carbonyl (C=O) groups is 2. The van der Waals surface area contributed by atoms with Crippen molar-refractivity contribution in [3.8, 4) is 11.8 Å². The summed E-state index contributed by atoms with van der Waals surface area (Å²) < 4.78 is 76.1. The number of nitrogens with one attached hydrogen (secondary N) is 2. The lowest BCUT2D eigenvalue weighted by molar-refractivity contribution is -0.385. The monoisotopic (exact) mass is 1800 g/mol. The Bertz CT molecular complexity index is 5180. The number of carbonyl (C=O) groups excluding carboxylic acids is 2. The lowest BCUT2D eigenvalue weighted by atomic mass is 9.75. The van der Waals surface area contributed by atoms with Gasteiger partial charge in [0.25, 0.3) is 11.4 Å². The normalized spacial score (nSPS) is 16.6. The van der Waals surface area contributed by atoms with Gasteiger partial charge < -0.3 is 38.5 Å². The summed E-state index contributed by atoms with van der Waals surface area (Å²) >= 11 is 0. The van der Waals surface area contributed by atoms with E-state index in [-0.39, 0.29) is 96.8 Å². The number of imidazole rings is 2. The van der Waals surface area contributed by atoms with E-state index in [9.17, 15) is 48.7 Å². The topological polar surface area (TPSA) is 384 Å². The molecule has 4 N–H and O–H groups in total. The second-order valence-corrected chi connectivity index (χ2v) is 34.4. The Balaban J connectivity index is 0.000000995. The molecule has 2 aliphatic heterocycles. The molecule has 129 heavy (non-hydrogen) atoms. The third-order valence-electron chi connectivity index (χ3n) is 22.6. The van der Waals surface area contributed by atoms with Crippen LogP contribution in [0.5, 0.6) is 11.8 Å².